The Morgan fingerprint density at radius 3 is 2.82 bits per heavy atom. The molecule has 0 heterocycles. The average molecular weight is 276 g/mol. The second-order valence-corrected chi connectivity index (χ2v) is 4.66. The van der Waals surface area contributed by atoms with Crippen molar-refractivity contribution in [3.8, 4) is 0 Å². The first kappa shape index (κ1) is 14.3. The van der Waals surface area contributed by atoms with Gasteiger partial charge in [-0.15, -0.1) is 0 Å². The third-order valence-corrected chi connectivity index (χ3v) is 3.04. The summed E-state index contributed by atoms with van der Waals surface area (Å²) in [6.45, 7) is 0. The van der Waals surface area contributed by atoms with Crippen LogP contribution in [0.3, 0.4) is 0 Å². The van der Waals surface area contributed by atoms with Crippen LogP contribution in [0.5, 0.6) is 0 Å². The number of rotatable bonds is 5. The summed E-state index contributed by atoms with van der Waals surface area (Å²) in [4.78, 5) is 11.0. The molecule has 3 nitrogen and oxygen atoms in total. The van der Waals surface area contributed by atoms with Crippen LogP contribution in [-0.2, 0) is 16.0 Å². The summed E-state index contributed by atoms with van der Waals surface area (Å²) in [5.74, 6) is -0.252. The number of methoxy groups -OCH3 is 1. The highest BCUT2D eigenvalue weighted by Gasteiger charge is 2.10. The number of carbonyl (C=O) groups excluding carboxylic acids is 1. The molecule has 94 valence electrons. The fourth-order valence-corrected chi connectivity index (χ4v) is 1.88. The van der Waals surface area contributed by atoms with Crippen LogP contribution in [0.15, 0.2) is 18.2 Å². The minimum atomic E-state index is -0.252. The molecule has 0 fully saturated rings. The lowest BCUT2D eigenvalue weighted by molar-refractivity contribution is -0.140. The van der Waals surface area contributed by atoms with E-state index in [-0.39, 0.29) is 12.0 Å². The lowest BCUT2D eigenvalue weighted by atomic mass is 10.0. The maximum Gasteiger partial charge on any atom is 0.305 e. The van der Waals surface area contributed by atoms with Crippen molar-refractivity contribution in [1.82, 2.24) is 0 Å². The van der Waals surface area contributed by atoms with E-state index in [1.54, 1.807) is 18.2 Å². The summed E-state index contributed by atoms with van der Waals surface area (Å²) < 4.78 is 4.55. The predicted molar refractivity (Wildman–Crippen MR) is 69.4 cm³/mol. The van der Waals surface area contributed by atoms with Crippen LogP contribution in [0.1, 0.15) is 18.4 Å². The summed E-state index contributed by atoms with van der Waals surface area (Å²) in [6, 6.07) is 5.13. The van der Waals surface area contributed by atoms with Crippen LogP contribution >= 0.6 is 23.2 Å². The van der Waals surface area contributed by atoms with Gasteiger partial charge in [-0.3, -0.25) is 4.79 Å². The second-order valence-electron chi connectivity index (χ2n) is 3.81. The van der Waals surface area contributed by atoms with Gasteiger partial charge in [0.2, 0.25) is 0 Å². The Morgan fingerprint density at radius 1 is 1.47 bits per heavy atom. The number of hydrogen-bond donors (Lipinski definition) is 1. The van der Waals surface area contributed by atoms with Gasteiger partial charge in [0.1, 0.15) is 0 Å². The van der Waals surface area contributed by atoms with Crippen LogP contribution in [0.25, 0.3) is 0 Å². The summed E-state index contributed by atoms with van der Waals surface area (Å²) in [5.41, 5.74) is 6.82. The van der Waals surface area contributed by atoms with Crippen molar-refractivity contribution in [3.05, 3.63) is 33.8 Å². The molecule has 2 N–H and O–H groups in total. The van der Waals surface area contributed by atoms with Crippen LogP contribution in [0.4, 0.5) is 0 Å². The normalized spacial score (nSPS) is 12.2. The van der Waals surface area contributed by atoms with Crippen LogP contribution in [0.2, 0.25) is 10.0 Å². The molecule has 17 heavy (non-hydrogen) atoms. The first-order chi connectivity index (χ1) is 8.02. The Hall–Kier alpha value is -0.770. The van der Waals surface area contributed by atoms with Gasteiger partial charge in [0.05, 0.1) is 7.11 Å². The summed E-state index contributed by atoms with van der Waals surface area (Å²) in [5, 5.41) is 1.27. The molecule has 0 aliphatic heterocycles. The lowest BCUT2D eigenvalue weighted by Crippen LogP contribution is -2.24. The van der Waals surface area contributed by atoms with E-state index in [1.807, 2.05) is 0 Å². The Labute approximate surface area is 111 Å². The molecule has 0 radical (unpaired) electrons. The smallest absolute Gasteiger partial charge is 0.305 e. The van der Waals surface area contributed by atoms with Gasteiger partial charge >= 0.3 is 5.97 Å². The highest BCUT2D eigenvalue weighted by atomic mass is 35.5. The molecule has 0 aliphatic rings. The molecule has 0 saturated carbocycles. The Morgan fingerprint density at radius 2 is 2.18 bits per heavy atom. The highest BCUT2D eigenvalue weighted by Crippen LogP contribution is 2.22. The van der Waals surface area contributed by atoms with E-state index in [1.165, 1.54) is 7.11 Å². The van der Waals surface area contributed by atoms with E-state index in [0.29, 0.717) is 29.3 Å². The zero-order chi connectivity index (χ0) is 12.8. The number of benzene rings is 1. The van der Waals surface area contributed by atoms with Gasteiger partial charge < -0.3 is 10.5 Å². The second kappa shape index (κ2) is 6.84. The first-order valence-electron chi connectivity index (χ1n) is 5.29. The van der Waals surface area contributed by atoms with Crippen molar-refractivity contribution in [3.63, 3.8) is 0 Å². The minimum absolute atomic E-state index is 0.134. The molecule has 0 saturated heterocycles. The summed E-state index contributed by atoms with van der Waals surface area (Å²) in [7, 11) is 1.36. The van der Waals surface area contributed by atoms with Crippen molar-refractivity contribution in [1.29, 1.82) is 0 Å². The quantitative estimate of drug-likeness (QED) is 0.841. The fraction of sp³-hybridized carbons (Fsp3) is 0.417. The SMILES string of the molecule is COC(=O)CCC(N)Cc1cc(Cl)ccc1Cl. The number of ether oxygens (including phenoxy) is 1. The van der Waals surface area contributed by atoms with Gasteiger partial charge in [-0.05, 0) is 36.6 Å². The van der Waals surface area contributed by atoms with Crippen molar-refractivity contribution in [2.24, 2.45) is 5.73 Å². The molecular weight excluding hydrogens is 261 g/mol. The van der Waals surface area contributed by atoms with Crippen LogP contribution in [-0.4, -0.2) is 19.1 Å². The Kier molecular flexibility index (Phi) is 5.75. The number of hydrogen-bond acceptors (Lipinski definition) is 3. The van der Waals surface area contributed by atoms with E-state index >= 15 is 0 Å². The molecule has 1 rings (SSSR count). The monoisotopic (exact) mass is 275 g/mol. The molecule has 0 aliphatic carbocycles. The zero-order valence-corrected chi connectivity index (χ0v) is 11.1. The molecule has 1 aromatic rings. The standard InChI is InChI=1S/C12H15Cl2NO2/c1-17-12(16)5-3-10(15)7-8-6-9(13)2-4-11(8)14/h2,4,6,10H,3,5,7,15H2,1H3. The molecule has 1 atom stereocenters. The van der Waals surface area contributed by atoms with E-state index < -0.39 is 0 Å². The predicted octanol–water partition coefficient (Wildman–Crippen LogP) is 2.82. The topological polar surface area (TPSA) is 52.3 Å². The molecule has 0 spiro atoms. The fourth-order valence-electron chi connectivity index (χ4n) is 1.49. The van der Waals surface area contributed by atoms with Gasteiger partial charge in [-0.2, -0.15) is 0 Å². The Balaban J connectivity index is 2.52. The van der Waals surface area contributed by atoms with Crippen molar-refractivity contribution >= 4 is 29.2 Å². The molecule has 1 unspecified atom stereocenters. The maximum atomic E-state index is 11.0. The number of esters is 1. The molecule has 0 aromatic heterocycles. The summed E-state index contributed by atoms with van der Waals surface area (Å²) >= 11 is 11.9. The highest BCUT2D eigenvalue weighted by molar-refractivity contribution is 6.33. The van der Waals surface area contributed by atoms with E-state index in [4.69, 9.17) is 28.9 Å². The van der Waals surface area contributed by atoms with Gasteiger partial charge in [0.15, 0.2) is 0 Å². The first-order valence-corrected chi connectivity index (χ1v) is 6.05. The average Bonchev–Trinajstić information content (AvgIpc) is 2.30. The lowest BCUT2D eigenvalue weighted by Gasteiger charge is -2.12. The zero-order valence-electron chi connectivity index (χ0n) is 9.58. The molecular formula is C12H15Cl2NO2. The molecule has 0 amide bonds. The van der Waals surface area contributed by atoms with Gasteiger partial charge in [-0.25, -0.2) is 0 Å². The number of halogens is 2. The summed E-state index contributed by atoms with van der Waals surface area (Å²) in [6.07, 6.45) is 1.47. The van der Waals surface area contributed by atoms with Crippen LogP contribution in [0, 0.1) is 0 Å². The van der Waals surface area contributed by atoms with Gasteiger partial charge in [-0.1, -0.05) is 23.2 Å². The third-order valence-electron chi connectivity index (χ3n) is 2.44. The largest absolute Gasteiger partial charge is 0.469 e. The third kappa shape index (κ3) is 4.94. The molecule has 5 heteroatoms. The molecule has 0 bridgehead atoms. The van der Waals surface area contributed by atoms with Gasteiger partial charge in [0, 0.05) is 22.5 Å². The van der Waals surface area contributed by atoms with E-state index in [9.17, 15) is 4.79 Å². The van der Waals surface area contributed by atoms with Crippen molar-refractivity contribution in [2.45, 2.75) is 25.3 Å². The van der Waals surface area contributed by atoms with Crippen molar-refractivity contribution < 1.29 is 9.53 Å². The minimum Gasteiger partial charge on any atom is -0.469 e. The van der Waals surface area contributed by atoms with Crippen molar-refractivity contribution in [2.75, 3.05) is 7.11 Å². The Bertz CT molecular complexity index is 396. The maximum absolute atomic E-state index is 11.0. The van der Waals surface area contributed by atoms with Gasteiger partial charge in [0.25, 0.3) is 0 Å². The molecule has 1 aromatic carbocycles. The number of nitrogens with two attached hydrogens (primary N) is 1. The van der Waals surface area contributed by atoms with Crippen LogP contribution < -0.4 is 5.73 Å². The van der Waals surface area contributed by atoms with E-state index in [0.717, 1.165) is 5.56 Å². The number of carbonyl (C=O) groups is 1. The van der Waals surface area contributed by atoms with E-state index in [2.05, 4.69) is 4.74 Å².